The van der Waals surface area contributed by atoms with Gasteiger partial charge >= 0.3 is 5.97 Å². The van der Waals surface area contributed by atoms with E-state index in [9.17, 15) is 9.59 Å². The number of amides is 1. The van der Waals surface area contributed by atoms with Crippen LogP contribution in [-0.2, 0) is 9.59 Å². The molecule has 0 radical (unpaired) electrons. The fourth-order valence-electron chi connectivity index (χ4n) is 1.74. The van der Waals surface area contributed by atoms with Gasteiger partial charge in [-0.15, -0.1) is 0 Å². The molecule has 2 N–H and O–H groups in total. The zero-order valence-electron chi connectivity index (χ0n) is 8.16. The third-order valence-corrected chi connectivity index (χ3v) is 2.97. The molecule has 1 rings (SSSR count). The lowest BCUT2D eigenvalue weighted by Gasteiger charge is -2.11. The Morgan fingerprint density at radius 1 is 1.50 bits per heavy atom. The first kappa shape index (κ1) is 11.4. The minimum atomic E-state index is -0.744. The van der Waals surface area contributed by atoms with Crippen LogP contribution in [0.3, 0.4) is 0 Å². The van der Waals surface area contributed by atoms with Crippen molar-refractivity contribution in [3.63, 3.8) is 0 Å². The van der Waals surface area contributed by atoms with E-state index in [1.807, 2.05) is 6.26 Å². The molecule has 0 aliphatic heterocycles. The van der Waals surface area contributed by atoms with E-state index in [1.165, 1.54) is 11.8 Å². The monoisotopic (exact) mass is 217 g/mol. The molecular weight excluding hydrogens is 202 g/mol. The van der Waals surface area contributed by atoms with Crippen LogP contribution in [0, 0.1) is 5.92 Å². The summed E-state index contributed by atoms with van der Waals surface area (Å²) in [5.41, 5.74) is 0. The molecule has 0 saturated heterocycles. The van der Waals surface area contributed by atoms with Gasteiger partial charge in [0.1, 0.15) is 0 Å². The first-order valence-corrected chi connectivity index (χ1v) is 6.04. The van der Waals surface area contributed by atoms with Crippen LogP contribution in [-0.4, -0.2) is 35.0 Å². The van der Waals surface area contributed by atoms with Crippen LogP contribution < -0.4 is 5.32 Å². The number of hydrogen-bond acceptors (Lipinski definition) is 3. The van der Waals surface area contributed by atoms with Crippen molar-refractivity contribution < 1.29 is 14.7 Å². The van der Waals surface area contributed by atoms with Gasteiger partial charge in [0, 0.05) is 6.04 Å². The number of nitrogens with one attached hydrogen (secondary N) is 1. The van der Waals surface area contributed by atoms with Gasteiger partial charge in [-0.1, -0.05) is 0 Å². The molecule has 14 heavy (non-hydrogen) atoms. The van der Waals surface area contributed by atoms with Gasteiger partial charge < -0.3 is 10.4 Å². The smallest absolute Gasteiger partial charge is 0.306 e. The molecule has 4 nitrogen and oxygen atoms in total. The van der Waals surface area contributed by atoms with E-state index in [4.69, 9.17) is 5.11 Å². The molecule has 1 amide bonds. The summed E-state index contributed by atoms with van der Waals surface area (Å²) in [5.74, 6) is -0.552. The lowest BCUT2D eigenvalue weighted by molar-refractivity contribution is -0.141. The highest BCUT2D eigenvalue weighted by atomic mass is 32.2. The van der Waals surface area contributed by atoms with Crippen molar-refractivity contribution in [3.05, 3.63) is 0 Å². The van der Waals surface area contributed by atoms with Crippen molar-refractivity contribution >= 4 is 23.6 Å². The Morgan fingerprint density at radius 2 is 2.21 bits per heavy atom. The Hall–Kier alpha value is -0.710. The molecule has 0 aromatic rings. The molecule has 1 aliphatic rings. The minimum Gasteiger partial charge on any atom is -0.481 e. The van der Waals surface area contributed by atoms with Gasteiger partial charge in [0.15, 0.2) is 0 Å². The molecule has 0 spiro atoms. The highest BCUT2D eigenvalue weighted by molar-refractivity contribution is 7.99. The average Bonchev–Trinajstić information content (AvgIpc) is 2.53. The highest BCUT2D eigenvalue weighted by Crippen LogP contribution is 2.25. The summed E-state index contributed by atoms with van der Waals surface area (Å²) < 4.78 is 0. The van der Waals surface area contributed by atoms with Crippen molar-refractivity contribution in [2.24, 2.45) is 5.92 Å². The van der Waals surface area contributed by atoms with Crippen LogP contribution >= 0.6 is 11.8 Å². The summed E-state index contributed by atoms with van der Waals surface area (Å²) in [7, 11) is 0. The maximum Gasteiger partial charge on any atom is 0.306 e. The first-order chi connectivity index (χ1) is 6.63. The lowest BCUT2D eigenvalue weighted by atomic mass is 10.1. The Labute approximate surface area is 87.4 Å². The molecule has 80 valence electrons. The second-order valence-corrected chi connectivity index (χ2v) is 4.41. The van der Waals surface area contributed by atoms with Crippen molar-refractivity contribution in [2.45, 2.75) is 25.3 Å². The van der Waals surface area contributed by atoms with Crippen molar-refractivity contribution in [3.8, 4) is 0 Å². The van der Waals surface area contributed by atoms with Crippen LogP contribution in [0.25, 0.3) is 0 Å². The predicted molar refractivity (Wildman–Crippen MR) is 55.3 cm³/mol. The van der Waals surface area contributed by atoms with E-state index < -0.39 is 5.97 Å². The Kier molecular flexibility index (Phi) is 4.25. The van der Waals surface area contributed by atoms with Crippen molar-refractivity contribution in [2.75, 3.05) is 12.0 Å². The Bertz CT molecular complexity index is 232. The Balaban J connectivity index is 2.28. The maximum atomic E-state index is 11.2. The van der Waals surface area contributed by atoms with Crippen molar-refractivity contribution in [1.82, 2.24) is 5.32 Å². The average molecular weight is 217 g/mol. The largest absolute Gasteiger partial charge is 0.481 e. The standard InChI is InChI=1S/C9H15NO3S/c1-14-5-8(11)10-7-3-2-6(4-7)9(12)13/h6-7H,2-5H2,1H3,(H,10,11)(H,12,13)/t6-,7+/m1/s1. The van der Waals surface area contributed by atoms with Crippen LogP contribution in [0.1, 0.15) is 19.3 Å². The summed E-state index contributed by atoms with van der Waals surface area (Å²) in [6.07, 6.45) is 3.92. The molecule has 1 saturated carbocycles. The number of thioether (sulfide) groups is 1. The van der Waals surface area contributed by atoms with E-state index in [1.54, 1.807) is 0 Å². The van der Waals surface area contributed by atoms with Gasteiger partial charge in [-0.25, -0.2) is 0 Å². The molecule has 2 atom stereocenters. The van der Waals surface area contributed by atoms with Gasteiger partial charge in [0.2, 0.25) is 5.91 Å². The zero-order chi connectivity index (χ0) is 10.6. The molecule has 0 unspecified atom stereocenters. The molecule has 0 heterocycles. The highest BCUT2D eigenvalue weighted by Gasteiger charge is 2.30. The van der Waals surface area contributed by atoms with Gasteiger partial charge in [-0.3, -0.25) is 9.59 Å². The summed E-state index contributed by atoms with van der Waals surface area (Å²) in [6, 6.07) is 0.0655. The van der Waals surface area contributed by atoms with Crippen LogP contribution in [0.2, 0.25) is 0 Å². The normalized spacial score (nSPS) is 26.1. The lowest BCUT2D eigenvalue weighted by Crippen LogP contribution is -2.34. The molecule has 5 heteroatoms. The summed E-state index contributed by atoms with van der Waals surface area (Å²) in [5, 5.41) is 11.6. The van der Waals surface area contributed by atoms with Crippen molar-refractivity contribution in [1.29, 1.82) is 0 Å². The van der Waals surface area contributed by atoms with E-state index in [0.717, 1.165) is 6.42 Å². The summed E-state index contributed by atoms with van der Waals surface area (Å²) in [6.45, 7) is 0. The van der Waals surface area contributed by atoms with Gasteiger partial charge in [0.25, 0.3) is 0 Å². The quantitative estimate of drug-likeness (QED) is 0.728. The third kappa shape index (κ3) is 3.21. The number of aliphatic carboxylic acids is 1. The number of carbonyl (C=O) groups is 2. The zero-order valence-corrected chi connectivity index (χ0v) is 8.97. The number of carbonyl (C=O) groups excluding carboxylic acids is 1. The van der Waals surface area contributed by atoms with Gasteiger partial charge in [-0.2, -0.15) is 11.8 Å². The maximum absolute atomic E-state index is 11.2. The predicted octanol–water partition coefficient (Wildman–Crippen LogP) is 0.719. The molecule has 1 aliphatic carbocycles. The fourth-order valence-corrected chi connectivity index (χ4v) is 2.08. The molecule has 0 aromatic carbocycles. The van der Waals surface area contributed by atoms with Gasteiger partial charge in [0.05, 0.1) is 11.7 Å². The number of hydrogen-bond donors (Lipinski definition) is 2. The van der Waals surface area contributed by atoms with Gasteiger partial charge in [-0.05, 0) is 25.5 Å². The fraction of sp³-hybridized carbons (Fsp3) is 0.778. The van der Waals surface area contributed by atoms with E-state index in [0.29, 0.717) is 18.6 Å². The second kappa shape index (κ2) is 5.24. The number of carboxylic acids is 1. The molecule has 0 bridgehead atoms. The van der Waals surface area contributed by atoms with Crippen LogP contribution in [0.15, 0.2) is 0 Å². The second-order valence-electron chi connectivity index (χ2n) is 3.55. The molecule has 1 fully saturated rings. The number of carboxylic acid groups (broad SMARTS) is 1. The Morgan fingerprint density at radius 3 is 2.71 bits per heavy atom. The van der Waals surface area contributed by atoms with E-state index in [-0.39, 0.29) is 17.9 Å². The summed E-state index contributed by atoms with van der Waals surface area (Å²) >= 11 is 1.47. The summed E-state index contributed by atoms with van der Waals surface area (Å²) in [4.78, 5) is 21.8. The SMILES string of the molecule is CSCC(=O)N[C@H]1CC[C@@H](C(=O)O)C1. The van der Waals surface area contributed by atoms with Crippen LogP contribution in [0.4, 0.5) is 0 Å². The topological polar surface area (TPSA) is 66.4 Å². The van der Waals surface area contributed by atoms with Crippen LogP contribution in [0.5, 0.6) is 0 Å². The number of rotatable bonds is 4. The first-order valence-electron chi connectivity index (χ1n) is 4.64. The minimum absolute atomic E-state index is 0.00791. The molecular formula is C9H15NO3S. The molecule has 0 aromatic heterocycles. The van der Waals surface area contributed by atoms with E-state index >= 15 is 0 Å². The third-order valence-electron chi connectivity index (χ3n) is 2.42. The van der Waals surface area contributed by atoms with E-state index in [2.05, 4.69) is 5.32 Å².